The molecule has 0 aromatic heterocycles. The van der Waals surface area contributed by atoms with Crippen LogP contribution in [0.25, 0.3) is 18.2 Å². The summed E-state index contributed by atoms with van der Waals surface area (Å²) in [7, 11) is 0. The van der Waals surface area contributed by atoms with Gasteiger partial charge in [-0.2, -0.15) is 0 Å². The van der Waals surface area contributed by atoms with Crippen molar-refractivity contribution in [2.24, 2.45) is 0 Å². The Labute approximate surface area is 183 Å². The lowest BCUT2D eigenvalue weighted by molar-refractivity contribution is -0.136. The minimum absolute atomic E-state index is 0.130. The van der Waals surface area contributed by atoms with E-state index >= 15 is 0 Å². The molecule has 0 atom stereocenters. The third-order valence-electron chi connectivity index (χ3n) is 4.14. The van der Waals surface area contributed by atoms with Gasteiger partial charge in [-0.15, -0.1) is 0 Å². The van der Waals surface area contributed by atoms with E-state index in [0.717, 1.165) is 16.7 Å². The monoisotopic (exact) mass is 426 g/mol. The van der Waals surface area contributed by atoms with Crippen molar-refractivity contribution in [1.82, 2.24) is 0 Å². The van der Waals surface area contributed by atoms with E-state index in [4.69, 9.17) is 24.1 Å². The minimum atomic E-state index is -0.793. The number of benzene rings is 2. The van der Waals surface area contributed by atoms with Crippen LogP contribution in [-0.4, -0.2) is 37.9 Å². The number of ether oxygens (including phenoxy) is 4. The SMILES string of the molecule is CCOCOc1cc(/C=C/c2cccc(/C=C/CCC(=O)O)c2)cc(OCOCC)c1. The van der Waals surface area contributed by atoms with Gasteiger partial charge >= 0.3 is 5.97 Å². The molecule has 0 aliphatic rings. The molecule has 0 aliphatic heterocycles. The average Bonchev–Trinajstić information content (AvgIpc) is 2.76. The maximum absolute atomic E-state index is 10.6. The number of carboxylic acid groups (broad SMARTS) is 1. The van der Waals surface area contributed by atoms with Gasteiger partial charge in [-0.05, 0) is 55.2 Å². The molecule has 0 amide bonds. The van der Waals surface area contributed by atoms with Gasteiger partial charge in [-0.25, -0.2) is 0 Å². The Balaban J connectivity index is 2.11. The third-order valence-corrected chi connectivity index (χ3v) is 4.14. The van der Waals surface area contributed by atoms with Crippen LogP contribution in [0.4, 0.5) is 0 Å². The summed E-state index contributed by atoms with van der Waals surface area (Å²) in [6.45, 7) is 5.32. The Morgan fingerprint density at radius 2 is 1.42 bits per heavy atom. The standard InChI is InChI=1S/C25H30O6/c1-3-28-18-30-23-15-22(16-24(17-23)31-19-29-4-2)13-12-21-10-7-9-20(14-21)8-5-6-11-25(26)27/h5,7-10,12-17H,3-4,6,11,18-19H2,1-2H3,(H,26,27)/b8-5+,13-12+. The minimum Gasteiger partial charge on any atom is -0.481 e. The van der Waals surface area contributed by atoms with Gasteiger partial charge < -0.3 is 24.1 Å². The first-order chi connectivity index (χ1) is 15.1. The maximum atomic E-state index is 10.6. The second-order valence-corrected chi connectivity index (χ2v) is 6.59. The van der Waals surface area contributed by atoms with E-state index in [1.54, 1.807) is 6.07 Å². The molecule has 0 fully saturated rings. The van der Waals surface area contributed by atoms with Crippen molar-refractivity contribution in [2.45, 2.75) is 26.7 Å². The first-order valence-electron chi connectivity index (χ1n) is 10.3. The molecule has 2 aromatic rings. The van der Waals surface area contributed by atoms with Crippen LogP contribution in [-0.2, 0) is 14.3 Å². The summed E-state index contributed by atoms with van der Waals surface area (Å²) in [6, 6.07) is 13.6. The van der Waals surface area contributed by atoms with Crippen molar-refractivity contribution in [1.29, 1.82) is 0 Å². The van der Waals surface area contributed by atoms with Crippen molar-refractivity contribution in [3.8, 4) is 11.5 Å². The summed E-state index contributed by atoms with van der Waals surface area (Å²) in [5.74, 6) is 0.507. The summed E-state index contributed by atoms with van der Waals surface area (Å²) in [6.07, 6.45) is 8.43. The fraction of sp³-hybridized carbons (Fsp3) is 0.320. The summed E-state index contributed by atoms with van der Waals surface area (Å²) >= 11 is 0. The van der Waals surface area contributed by atoms with Gasteiger partial charge in [0.05, 0.1) is 0 Å². The summed E-state index contributed by atoms with van der Waals surface area (Å²) in [5, 5.41) is 8.72. The molecule has 31 heavy (non-hydrogen) atoms. The number of aliphatic carboxylic acids is 1. The van der Waals surface area contributed by atoms with Gasteiger partial charge in [0, 0.05) is 25.7 Å². The van der Waals surface area contributed by atoms with Gasteiger partial charge in [0.1, 0.15) is 11.5 Å². The highest BCUT2D eigenvalue weighted by atomic mass is 16.7. The van der Waals surface area contributed by atoms with Crippen LogP contribution in [0.1, 0.15) is 43.4 Å². The molecule has 0 saturated heterocycles. The van der Waals surface area contributed by atoms with Crippen LogP contribution in [0, 0.1) is 0 Å². The molecule has 0 aliphatic carbocycles. The first-order valence-corrected chi connectivity index (χ1v) is 10.3. The average molecular weight is 427 g/mol. The first kappa shape index (κ1) is 24.2. The van der Waals surface area contributed by atoms with E-state index in [1.807, 2.05) is 74.5 Å². The van der Waals surface area contributed by atoms with Gasteiger partial charge in [-0.1, -0.05) is 42.5 Å². The summed E-state index contributed by atoms with van der Waals surface area (Å²) < 4.78 is 21.8. The van der Waals surface area contributed by atoms with E-state index in [1.165, 1.54) is 0 Å². The highest BCUT2D eigenvalue weighted by Gasteiger charge is 2.03. The lowest BCUT2D eigenvalue weighted by Gasteiger charge is -2.11. The maximum Gasteiger partial charge on any atom is 0.303 e. The van der Waals surface area contributed by atoms with Crippen LogP contribution < -0.4 is 9.47 Å². The molecule has 0 heterocycles. The lowest BCUT2D eigenvalue weighted by Crippen LogP contribution is -2.04. The largest absolute Gasteiger partial charge is 0.481 e. The van der Waals surface area contributed by atoms with Crippen molar-refractivity contribution >= 4 is 24.2 Å². The predicted octanol–water partition coefficient (Wildman–Crippen LogP) is 5.48. The molecule has 6 heteroatoms. The van der Waals surface area contributed by atoms with Crippen molar-refractivity contribution in [3.05, 3.63) is 65.2 Å². The summed E-state index contributed by atoms with van der Waals surface area (Å²) in [5.41, 5.74) is 2.96. The van der Waals surface area contributed by atoms with E-state index in [9.17, 15) is 4.79 Å². The van der Waals surface area contributed by atoms with Crippen molar-refractivity contribution < 1.29 is 28.8 Å². The smallest absolute Gasteiger partial charge is 0.303 e. The number of allylic oxidation sites excluding steroid dienone is 1. The molecule has 2 rings (SSSR count). The van der Waals surface area contributed by atoms with Crippen LogP contribution in [0.5, 0.6) is 11.5 Å². The Kier molecular flexibility index (Phi) is 10.9. The van der Waals surface area contributed by atoms with E-state index < -0.39 is 5.97 Å². The quantitative estimate of drug-likeness (QED) is 0.245. The Morgan fingerprint density at radius 1 is 0.839 bits per heavy atom. The summed E-state index contributed by atoms with van der Waals surface area (Å²) in [4.78, 5) is 10.6. The predicted molar refractivity (Wildman–Crippen MR) is 122 cm³/mol. The molecule has 0 spiro atoms. The Bertz CT molecular complexity index is 844. The second-order valence-electron chi connectivity index (χ2n) is 6.59. The normalized spacial score (nSPS) is 11.3. The molecule has 0 saturated carbocycles. The van der Waals surface area contributed by atoms with Crippen LogP contribution in [0.15, 0.2) is 48.5 Å². The fourth-order valence-corrected chi connectivity index (χ4v) is 2.63. The molecular formula is C25H30O6. The second kappa shape index (κ2) is 14.0. The molecule has 166 valence electrons. The molecule has 0 unspecified atom stereocenters. The molecule has 2 aromatic carbocycles. The molecule has 0 bridgehead atoms. The van der Waals surface area contributed by atoms with Gasteiger partial charge in [-0.3, -0.25) is 4.79 Å². The number of hydrogen-bond donors (Lipinski definition) is 1. The Morgan fingerprint density at radius 3 is 2.00 bits per heavy atom. The van der Waals surface area contributed by atoms with Crippen molar-refractivity contribution in [3.63, 3.8) is 0 Å². The van der Waals surface area contributed by atoms with Crippen LogP contribution >= 0.6 is 0 Å². The highest BCUT2D eigenvalue weighted by Crippen LogP contribution is 2.25. The van der Waals surface area contributed by atoms with E-state index in [0.29, 0.717) is 31.1 Å². The van der Waals surface area contributed by atoms with Gasteiger partial charge in [0.2, 0.25) is 0 Å². The molecular weight excluding hydrogens is 396 g/mol. The Hall–Kier alpha value is -3.09. The third kappa shape index (κ3) is 9.98. The molecule has 6 nitrogen and oxygen atoms in total. The van der Waals surface area contributed by atoms with Gasteiger partial charge in [0.15, 0.2) is 13.6 Å². The van der Waals surface area contributed by atoms with E-state index in [-0.39, 0.29) is 20.0 Å². The highest BCUT2D eigenvalue weighted by molar-refractivity contribution is 5.72. The zero-order valence-corrected chi connectivity index (χ0v) is 18.1. The zero-order chi connectivity index (χ0) is 22.3. The lowest BCUT2D eigenvalue weighted by atomic mass is 10.1. The molecule has 1 N–H and O–H groups in total. The molecule has 0 radical (unpaired) electrons. The van der Waals surface area contributed by atoms with Crippen LogP contribution in [0.3, 0.4) is 0 Å². The number of hydrogen-bond acceptors (Lipinski definition) is 5. The van der Waals surface area contributed by atoms with Crippen molar-refractivity contribution in [2.75, 3.05) is 26.8 Å². The number of carboxylic acids is 1. The van der Waals surface area contributed by atoms with Crippen LogP contribution in [0.2, 0.25) is 0 Å². The fourth-order valence-electron chi connectivity index (χ4n) is 2.63. The number of carbonyl (C=O) groups is 1. The van der Waals surface area contributed by atoms with E-state index in [2.05, 4.69) is 0 Å². The topological polar surface area (TPSA) is 74.2 Å². The van der Waals surface area contributed by atoms with Gasteiger partial charge in [0.25, 0.3) is 0 Å². The zero-order valence-electron chi connectivity index (χ0n) is 18.1. The number of rotatable bonds is 14.